The van der Waals surface area contributed by atoms with Gasteiger partial charge in [0.05, 0.1) is 5.69 Å². The molecular formula is C18H12F2N2O4S. The van der Waals surface area contributed by atoms with Crippen LogP contribution in [0.25, 0.3) is 0 Å². The number of fused-ring (bicyclic) bond motifs is 4. The summed E-state index contributed by atoms with van der Waals surface area (Å²) in [4.78, 5) is 26.8. The van der Waals surface area contributed by atoms with E-state index in [0.717, 1.165) is 4.90 Å². The van der Waals surface area contributed by atoms with Crippen molar-refractivity contribution in [3.05, 3.63) is 42.5 Å². The van der Waals surface area contributed by atoms with Crippen molar-refractivity contribution in [2.45, 2.75) is 28.9 Å². The van der Waals surface area contributed by atoms with E-state index in [-0.39, 0.29) is 35.4 Å². The third-order valence-corrected chi connectivity index (χ3v) is 6.16. The zero-order chi connectivity index (χ0) is 18.8. The van der Waals surface area contributed by atoms with Crippen molar-refractivity contribution in [2.24, 2.45) is 0 Å². The first-order valence-electron chi connectivity index (χ1n) is 8.20. The summed E-state index contributed by atoms with van der Waals surface area (Å²) in [6.45, 7) is 0. The minimum absolute atomic E-state index is 0.100. The van der Waals surface area contributed by atoms with Gasteiger partial charge in [0.2, 0.25) is 5.91 Å². The standard InChI is InChI=1S/C18H12F2N2O4S/c19-18(20)25-12-6-5-10(9-13(12)26-18)21-16(24)17-8-7-15(23)22(17)11-3-1-2-4-14(11)27-17/h1-6,9H,7-8H2,(H,21,24)/t17-/m1/s1. The van der Waals surface area contributed by atoms with E-state index in [1.54, 1.807) is 0 Å². The monoisotopic (exact) mass is 390 g/mol. The van der Waals surface area contributed by atoms with Crippen LogP contribution >= 0.6 is 11.8 Å². The van der Waals surface area contributed by atoms with E-state index in [4.69, 9.17) is 0 Å². The number of nitrogens with zero attached hydrogens (tertiary/aromatic N) is 1. The fraction of sp³-hybridized carbons (Fsp3) is 0.222. The molecule has 0 saturated carbocycles. The number of thioether (sulfide) groups is 1. The van der Waals surface area contributed by atoms with Crippen LogP contribution < -0.4 is 19.7 Å². The number of rotatable bonds is 2. The average molecular weight is 390 g/mol. The number of halogens is 2. The highest BCUT2D eigenvalue weighted by Crippen LogP contribution is 2.56. The van der Waals surface area contributed by atoms with E-state index in [1.165, 1.54) is 34.9 Å². The van der Waals surface area contributed by atoms with Gasteiger partial charge in [-0.15, -0.1) is 8.78 Å². The second-order valence-electron chi connectivity index (χ2n) is 6.37. The molecule has 6 nitrogen and oxygen atoms in total. The molecule has 0 spiro atoms. The number of alkyl halides is 2. The second-order valence-corrected chi connectivity index (χ2v) is 7.69. The van der Waals surface area contributed by atoms with Gasteiger partial charge in [0.25, 0.3) is 5.91 Å². The van der Waals surface area contributed by atoms with Crippen molar-refractivity contribution in [1.82, 2.24) is 0 Å². The third-order valence-electron chi connectivity index (χ3n) is 4.69. The minimum Gasteiger partial charge on any atom is -0.395 e. The van der Waals surface area contributed by atoms with Crippen LogP contribution in [0.4, 0.5) is 20.2 Å². The van der Waals surface area contributed by atoms with Crippen LogP contribution in [-0.4, -0.2) is 23.0 Å². The molecule has 27 heavy (non-hydrogen) atoms. The zero-order valence-electron chi connectivity index (χ0n) is 13.7. The fourth-order valence-corrected chi connectivity index (χ4v) is 4.97. The molecule has 0 unspecified atom stereocenters. The van der Waals surface area contributed by atoms with Crippen molar-refractivity contribution >= 4 is 35.0 Å². The van der Waals surface area contributed by atoms with E-state index in [9.17, 15) is 18.4 Å². The predicted octanol–water partition coefficient (Wildman–Crippen LogP) is 3.58. The summed E-state index contributed by atoms with van der Waals surface area (Å²) >= 11 is 1.33. The van der Waals surface area contributed by atoms with Gasteiger partial charge in [0, 0.05) is 23.1 Å². The van der Waals surface area contributed by atoms with Gasteiger partial charge in [0.1, 0.15) is 0 Å². The number of benzene rings is 2. The third kappa shape index (κ3) is 2.38. The number of carbonyl (C=O) groups excluding carboxylic acids is 2. The van der Waals surface area contributed by atoms with Gasteiger partial charge in [0.15, 0.2) is 16.4 Å². The Hall–Kier alpha value is -2.81. The summed E-state index contributed by atoms with van der Waals surface area (Å²) in [5.74, 6) is -0.762. The molecule has 2 amide bonds. The molecular weight excluding hydrogens is 378 g/mol. The Labute approximate surface area is 156 Å². The van der Waals surface area contributed by atoms with Gasteiger partial charge >= 0.3 is 6.29 Å². The van der Waals surface area contributed by atoms with E-state index in [0.29, 0.717) is 12.1 Å². The Bertz CT molecular complexity index is 999. The van der Waals surface area contributed by atoms with Crippen LogP contribution in [-0.2, 0) is 9.59 Å². The molecule has 2 aromatic rings. The number of hydrogen-bond donors (Lipinski definition) is 1. The van der Waals surface area contributed by atoms with Crippen LogP contribution in [0.1, 0.15) is 12.8 Å². The Kier molecular flexibility index (Phi) is 3.24. The zero-order valence-corrected chi connectivity index (χ0v) is 14.5. The second kappa shape index (κ2) is 5.35. The first-order valence-corrected chi connectivity index (χ1v) is 9.02. The van der Waals surface area contributed by atoms with Crippen molar-refractivity contribution in [1.29, 1.82) is 0 Å². The lowest BCUT2D eigenvalue weighted by Gasteiger charge is -2.29. The molecule has 5 rings (SSSR count). The Balaban J connectivity index is 1.45. The van der Waals surface area contributed by atoms with E-state index in [2.05, 4.69) is 14.8 Å². The fourth-order valence-electron chi connectivity index (χ4n) is 3.55. The Morgan fingerprint density at radius 3 is 2.78 bits per heavy atom. The van der Waals surface area contributed by atoms with Crippen LogP contribution in [0, 0.1) is 0 Å². The molecule has 2 aromatic carbocycles. The quantitative estimate of drug-likeness (QED) is 0.849. The number of anilines is 2. The summed E-state index contributed by atoms with van der Waals surface area (Å²) in [5, 5.41) is 2.72. The normalized spacial score (nSPS) is 23.9. The molecule has 3 aliphatic heterocycles. The van der Waals surface area contributed by atoms with E-state index in [1.807, 2.05) is 24.3 Å². The molecule has 3 heterocycles. The number of para-hydroxylation sites is 1. The lowest BCUT2D eigenvalue weighted by molar-refractivity contribution is -0.286. The SMILES string of the molecule is O=C1CC[C@]2(C(=O)Nc3ccc4c(c3)OC(F)(F)O4)Sc3ccccc3N12. The number of amides is 2. The maximum atomic E-state index is 13.2. The predicted molar refractivity (Wildman–Crippen MR) is 93.0 cm³/mol. The number of carbonyl (C=O) groups is 2. The van der Waals surface area contributed by atoms with Crippen molar-refractivity contribution in [3.8, 4) is 11.5 Å². The molecule has 9 heteroatoms. The summed E-state index contributed by atoms with van der Waals surface area (Å²) in [7, 11) is 0. The number of nitrogens with one attached hydrogen (secondary N) is 1. The number of hydrogen-bond acceptors (Lipinski definition) is 5. The molecule has 0 aromatic heterocycles. The van der Waals surface area contributed by atoms with Gasteiger partial charge in [-0.05, 0) is 30.7 Å². The molecule has 1 atom stereocenters. The minimum atomic E-state index is -3.72. The first kappa shape index (κ1) is 16.4. The van der Waals surface area contributed by atoms with Gasteiger partial charge < -0.3 is 14.8 Å². The molecule has 0 radical (unpaired) electrons. The van der Waals surface area contributed by atoms with Crippen LogP contribution in [0.5, 0.6) is 11.5 Å². The van der Waals surface area contributed by atoms with Gasteiger partial charge in [-0.3, -0.25) is 14.5 Å². The molecule has 1 fully saturated rings. The van der Waals surface area contributed by atoms with Crippen molar-refractivity contribution in [3.63, 3.8) is 0 Å². The highest BCUT2D eigenvalue weighted by atomic mass is 32.2. The van der Waals surface area contributed by atoms with E-state index < -0.39 is 11.2 Å². The average Bonchev–Trinajstić information content (AvgIpc) is 3.23. The molecule has 138 valence electrons. The molecule has 0 bridgehead atoms. The summed E-state index contributed by atoms with van der Waals surface area (Å²) in [5.41, 5.74) is 0.996. The first-order chi connectivity index (χ1) is 12.9. The lowest BCUT2D eigenvalue weighted by atomic mass is 10.1. The number of ether oxygens (including phenoxy) is 2. The van der Waals surface area contributed by atoms with Crippen molar-refractivity contribution in [2.75, 3.05) is 10.2 Å². The van der Waals surface area contributed by atoms with Gasteiger partial charge in [-0.1, -0.05) is 23.9 Å². The van der Waals surface area contributed by atoms with E-state index >= 15 is 0 Å². The Morgan fingerprint density at radius 2 is 1.93 bits per heavy atom. The van der Waals surface area contributed by atoms with Gasteiger partial charge in [-0.25, -0.2) is 0 Å². The molecule has 1 saturated heterocycles. The highest BCUT2D eigenvalue weighted by Gasteiger charge is 2.57. The molecule has 3 aliphatic rings. The van der Waals surface area contributed by atoms with Crippen molar-refractivity contribution < 1.29 is 27.8 Å². The highest BCUT2D eigenvalue weighted by molar-refractivity contribution is 8.02. The smallest absolute Gasteiger partial charge is 0.395 e. The van der Waals surface area contributed by atoms with Crippen LogP contribution in [0.15, 0.2) is 47.4 Å². The largest absolute Gasteiger partial charge is 0.586 e. The maximum Gasteiger partial charge on any atom is 0.586 e. The van der Waals surface area contributed by atoms with Gasteiger partial charge in [-0.2, -0.15) is 0 Å². The lowest BCUT2D eigenvalue weighted by Crippen LogP contribution is -2.49. The van der Waals surface area contributed by atoms with Crippen LogP contribution in [0.3, 0.4) is 0 Å². The van der Waals surface area contributed by atoms with Crippen LogP contribution in [0.2, 0.25) is 0 Å². The topological polar surface area (TPSA) is 67.9 Å². The maximum absolute atomic E-state index is 13.2. The summed E-state index contributed by atoms with van der Waals surface area (Å²) < 4.78 is 35.1. The summed E-state index contributed by atoms with van der Waals surface area (Å²) in [6, 6.07) is 11.4. The summed E-state index contributed by atoms with van der Waals surface area (Å²) in [6.07, 6.45) is -3.09. The Morgan fingerprint density at radius 1 is 1.15 bits per heavy atom. The molecule has 1 N–H and O–H groups in total. The molecule has 0 aliphatic carbocycles.